The molecule has 114 valence electrons. The van der Waals surface area contributed by atoms with Crippen LogP contribution in [0.5, 0.6) is 0 Å². The molecule has 1 aromatic rings. The van der Waals surface area contributed by atoms with E-state index in [4.69, 9.17) is 5.11 Å². The number of rotatable bonds is 3. The molecule has 3 nitrogen and oxygen atoms in total. The molecule has 1 aliphatic rings. The molecule has 0 heterocycles. The van der Waals surface area contributed by atoms with Crippen LogP contribution in [0, 0.1) is 11.8 Å². The van der Waals surface area contributed by atoms with Gasteiger partial charge in [-0.05, 0) is 25.0 Å². The topological polar surface area (TPSA) is 54.4 Å². The van der Waals surface area contributed by atoms with Crippen LogP contribution in [0.1, 0.15) is 41.6 Å². The third kappa shape index (κ3) is 3.43. The zero-order chi connectivity index (χ0) is 15.6. The van der Waals surface area contributed by atoms with Crippen LogP contribution < -0.4 is 0 Å². The van der Waals surface area contributed by atoms with Crippen LogP contribution in [0.3, 0.4) is 0 Å². The summed E-state index contributed by atoms with van der Waals surface area (Å²) >= 11 is 0. The Labute approximate surface area is 119 Å². The average Bonchev–Trinajstić information content (AvgIpc) is 2.45. The van der Waals surface area contributed by atoms with Crippen molar-refractivity contribution in [1.29, 1.82) is 0 Å². The normalized spacial score (nSPS) is 22.8. The monoisotopic (exact) mass is 300 g/mol. The van der Waals surface area contributed by atoms with E-state index in [1.54, 1.807) is 0 Å². The Hall–Kier alpha value is -1.85. The van der Waals surface area contributed by atoms with Gasteiger partial charge in [0.05, 0.1) is 11.5 Å². The van der Waals surface area contributed by atoms with Crippen molar-refractivity contribution in [3.05, 3.63) is 35.4 Å². The molecule has 21 heavy (non-hydrogen) atoms. The van der Waals surface area contributed by atoms with E-state index in [9.17, 15) is 22.8 Å². The van der Waals surface area contributed by atoms with Gasteiger partial charge in [0, 0.05) is 11.5 Å². The number of benzene rings is 1. The van der Waals surface area contributed by atoms with Crippen LogP contribution >= 0.6 is 0 Å². The average molecular weight is 300 g/mol. The smallest absolute Gasteiger partial charge is 0.416 e. The lowest BCUT2D eigenvalue weighted by Gasteiger charge is -2.27. The number of aliphatic carboxylic acids is 1. The lowest BCUT2D eigenvalue weighted by Crippen LogP contribution is -2.32. The summed E-state index contributed by atoms with van der Waals surface area (Å²) in [6, 6.07) is 3.95. The van der Waals surface area contributed by atoms with E-state index in [-0.39, 0.29) is 11.3 Å². The lowest BCUT2D eigenvalue weighted by atomic mass is 9.75. The van der Waals surface area contributed by atoms with Crippen LogP contribution in [0.4, 0.5) is 13.2 Å². The highest BCUT2D eigenvalue weighted by atomic mass is 19.4. The van der Waals surface area contributed by atoms with E-state index in [0.29, 0.717) is 12.8 Å². The molecule has 0 unspecified atom stereocenters. The summed E-state index contributed by atoms with van der Waals surface area (Å²) < 4.78 is 37.4. The zero-order valence-corrected chi connectivity index (χ0v) is 11.2. The molecule has 0 spiro atoms. The SMILES string of the molecule is O=C(O)[C@H]1CCCC[C@@H]1C(=O)c1ccc(C(F)(F)F)cc1. The van der Waals surface area contributed by atoms with Gasteiger partial charge < -0.3 is 5.11 Å². The lowest BCUT2D eigenvalue weighted by molar-refractivity contribution is -0.144. The summed E-state index contributed by atoms with van der Waals surface area (Å²) in [5, 5.41) is 9.15. The van der Waals surface area contributed by atoms with Gasteiger partial charge in [-0.25, -0.2) is 0 Å². The number of alkyl halides is 3. The van der Waals surface area contributed by atoms with E-state index in [0.717, 1.165) is 37.1 Å². The molecule has 1 saturated carbocycles. The standard InChI is InChI=1S/C15H15F3O3/c16-15(17,18)10-7-5-9(6-8-10)13(19)11-3-1-2-4-12(11)14(20)21/h5-8,11-12H,1-4H2,(H,20,21)/t11-,12-/m0/s1. The molecule has 0 saturated heterocycles. The van der Waals surface area contributed by atoms with E-state index in [2.05, 4.69) is 0 Å². The highest BCUT2D eigenvalue weighted by molar-refractivity contribution is 6.00. The van der Waals surface area contributed by atoms with Crippen LogP contribution in [0.15, 0.2) is 24.3 Å². The summed E-state index contributed by atoms with van der Waals surface area (Å²) in [6.07, 6.45) is -2.02. The van der Waals surface area contributed by atoms with Gasteiger partial charge in [-0.3, -0.25) is 9.59 Å². The van der Waals surface area contributed by atoms with Gasteiger partial charge in [-0.2, -0.15) is 13.2 Å². The Bertz CT molecular complexity index is 534. The molecule has 6 heteroatoms. The zero-order valence-electron chi connectivity index (χ0n) is 11.2. The predicted octanol–water partition coefficient (Wildman–Crippen LogP) is 3.78. The molecular formula is C15H15F3O3. The van der Waals surface area contributed by atoms with Gasteiger partial charge in [0.25, 0.3) is 0 Å². The van der Waals surface area contributed by atoms with E-state index < -0.39 is 29.5 Å². The second-order valence-electron chi connectivity index (χ2n) is 5.28. The highest BCUT2D eigenvalue weighted by Crippen LogP contribution is 2.34. The Morgan fingerprint density at radius 1 is 1.00 bits per heavy atom. The fraction of sp³-hybridized carbons (Fsp3) is 0.467. The van der Waals surface area contributed by atoms with Crippen LogP contribution in [0.2, 0.25) is 0 Å². The molecule has 0 amide bonds. The van der Waals surface area contributed by atoms with Gasteiger partial charge in [0.1, 0.15) is 0 Å². The number of hydrogen-bond acceptors (Lipinski definition) is 2. The predicted molar refractivity (Wildman–Crippen MR) is 68.9 cm³/mol. The Morgan fingerprint density at radius 3 is 2.00 bits per heavy atom. The second-order valence-corrected chi connectivity index (χ2v) is 5.28. The molecule has 0 aliphatic heterocycles. The summed E-state index contributed by atoms with van der Waals surface area (Å²) in [5.74, 6) is -2.78. The first-order valence-corrected chi connectivity index (χ1v) is 6.75. The van der Waals surface area contributed by atoms with Crippen molar-refractivity contribution in [2.75, 3.05) is 0 Å². The maximum atomic E-state index is 12.5. The van der Waals surface area contributed by atoms with Crippen molar-refractivity contribution in [2.24, 2.45) is 11.8 Å². The molecular weight excluding hydrogens is 285 g/mol. The Kier molecular flexibility index (Phi) is 4.34. The fourth-order valence-electron chi connectivity index (χ4n) is 2.78. The molecule has 0 bridgehead atoms. The van der Waals surface area contributed by atoms with Gasteiger partial charge in [-0.1, -0.05) is 25.0 Å². The Morgan fingerprint density at radius 2 is 1.52 bits per heavy atom. The maximum absolute atomic E-state index is 12.5. The molecule has 1 N–H and O–H groups in total. The van der Waals surface area contributed by atoms with Crippen LogP contribution in [-0.2, 0) is 11.0 Å². The van der Waals surface area contributed by atoms with Gasteiger partial charge in [-0.15, -0.1) is 0 Å². The summed E-state index contributed by atoms with van der Waals surface area (Å²) in [7, 11) is 0. The highest BCUT2D eigenvalue weighted by Gasteiger charge is 2.36. The number of hydrogen-bond donors (Lipinski definition) is 1. The number of carbonyl (C=O) groups is 2. The third-order valence-electron chi connectivity index (χ3n) is 3.92. The largest absolute Gasteiger partial charge is 0.481 e. The molecule has 1 aromatic carbocycles. The van der Waals surface area contributed by atoms with E-state index in [1.807, 2.05) is 0 Å². The maximum Gasteiger partial charge on any atom is 0.416 e. The third-order valence-corrected chi connectivity index (χ3v) is 3.92. The van der Waals surface area contributed by atoms with Crippen molar-refractivity contribution < 1.29 is 27.9 Å². The number of carboxylic acid groups (broad SMARTS) is 1. The van der Waals surface area contributed by atoms with Crippen molar-refractivity contribution >= 4 is 11.8 Å². The second kappa shape index (κ2) is 5.87. The van der Waals surface area contributed by atoms with Crippen molar-refractivity contribution in [1.82, 2.24) is 0 Å². The van der Waals surface area contributed by atoms with E-state index in [1.165, 1.54) is 0 Å². The molecule has 2 atom stereocenters. The summed E-state index contributed by atoms with van der Waals surface area (Å²) in [4.78, 5) is 23.5. The van der Waals surface area contributed by atoms with E-state index >= 15 is 0 Å². The first kappa shape index (κ1) is 15.5. The number of Topliss-reactive ketones (excluding diaryl/α,β-unsaturated/α-hetero) is 1. The number of carboxylic acids is 1. The minimum atomic E-state index is -4.45. The van der Waals surface area contributed by atoms with Crippen LogP contribution in [-0.4, -0.2) is 16.9 Å². The number of ketones is 1. The summed E-state index contributed by atoms with van der Waals surface area (Å²) in [5.41, 5.74) is -0.682. The molecule has 0 aromatic heterocycles. The fourth-order valence-corrected chi connectivity index (χ4v) is 2.78. The van der Waals surface area contributed by atoms with Gasteiger partial charge in [0.2, 0.25) is 0 Å². The van der Waals surface area contributed by atoms with Crippen molar-refractivity contribution in [3.8, 4) is 0 Å². The first-order chi connectivity index (χ1) is 9.80. The Balaban J connectivity index is 2.20. The molecule has 2 rings (SSSR count). The summed E-state index contributed by atoms with van der Waals surface area (Å²) in [6.45, 7) is 0. The molecule has 0 radical (unpaired) electrons. The van der Waals surface area contributed by atoms with Gasteiger partial charge >= 0.3 is 12.1 Å². The van der Waals surface area contributed by atoms with Crippen LogP contribution in [0.25, 0.3) is 0 Å². The number of carbonyl (C=O) groups excluding carboxylic acids is 1. The molecule has 1 fully saturated rings. The quantitative estimate of drug-likeness (QED) is 0.864. The minimum Gasteiger partial charge on any atom is -0.481 e. The minimum absolute atomic E-state index is 0.140. The molecule has 1 aliphatic carbocycles. The number of halogens is 3. The van der Waals surface area contributed by atoms with Crippen molar-refractivity contribution in [3.63, 3.8) is 0 Å². The first-order valence-electron chi connectivity index (χ1n) is 6.75. The van der Waals surface area contributed by atoms with Crippen molar-refractivity contribution in [2.45, 2.75) is 31.9 Å². The van der Waals surface area contributed by atoms with Gasteiger partial charge in [0.15, 0.2) is 5.78 Å².